The Balaban J connectivity index is 1.67. The lowest BCUT2D eigenvalue weighted by atomic mass is 10.2. The summed E-state index contributed by atoms with van der Waals surface area (Å²) in [6.07, 6.45) is 4.11. The molecule has 4 heterocycles. The lowest BCUT2D eigenvalue weighted by Gasteiger charge is -2.16. The number of pyridine rings is 1. The average Bonchev–Trinajstić information content (AvgIpc) is 3.38. The molecule has 0 bridgehead atoms. The fourth-order valence-corrected chi connectivity index (χ4v) is 3.57. The van der Waals surface area contributed by atoms with Crippen LogP contribution in [0.25, 0.3) is 22.6 Å². The van der Waals surface area contributed by atoms with E-state index in [1.165, 1.54) is 13.4 Å². The molecule has 1 amide bonds. The van der Waals surface area contributed by atoms with E-state index in [2.05, 4.69) is 26.0 Å². The number of fused-ring (bicyclic) bond motifs is 1. The van der Waals surface area contributed by atoms with Gasteiger partial charge in [-0.3, -0.25) is 4.79 Å². The van der Waals surface area contributed by atoms with Crippen LogP contribution < -0.4 is 9.47 Å². The second kappa shape index (κ2) is 7.94. The smallest absolute Gasteiger partial charge is 0.245 e. The summed E-state index contributed by atoms with van der Waals surface area (Å²) in [4.78, 5) is 31.2. The lowest BCUT2D eigenvalue weighted by molar-refractivity contribution is -0.130. The van der Waals surface area contributed by atoms with E-state index in [9.17, 15) is 10.1 Å². The van der Waals surface area contributed by atoms with Crippen LogP contribution in [0.2, 0.25) is 0 Å². The zero-order valence-corrected chi connectivity index (χ0v) is 17.0. The maximum atomic E-state index is 11.9. The van der Waals surface area contributed by atoms with Crippen molar-refractivity contribution in [3.05, 3.63) is 24.2 Å². The molecule has 3 aromatic heterocycles. The van der Waals surface area contributed by atoms with Gasteiger partial charge in [-0.2, -0.15) is 10.2 Å². The fraction of sp³-hybridized carbons (Fsp3) is 0.400. The van der Waals surface area contributed by atoms with Crippen LogP contribution in [0, 0.1) is 11.3 Å². The summed E-state index contributed by atoms with van der Waals surface area (Å²) in [5, 5.41) is 9.34. The first-order valence-corrected chi connectivity index (χ1v) is 9.62. The predicted octanol–water partition coefficient (Wildman–Crippen LogP) is 1.70. The molecule has 1 saturated heterocycles. The predicted molar refractivity (Wildman–Crippen MR) is 107 cm³/mol. The number of ether oxygens (including phenoxy) is 2. The molecule has 0 spiro atoms. The van der Waals surface area contributed by atoms with Crippen molar-refractivity contribution in [1.29, 1.82) is 5.26 Å². The van der Waals surface area contributed by atoms with Crippen LogP contribution in [0.4, 0.5) is 0 Å². The highest BCUT2D eigenvalue weighted by Crippen LogP contribution is 2.29. The van der Waals surface area contributed by atoms with E-state index >= 15 is 0 Å². The number of amides is 1. The Kier molecular flexibility index (Phi) is 5.18. The van der Waals surface area contributed by atoms with Crippen LogP contribution >= 0.6 is 0 Å². The van der Waals surface area contributed by atoms with Crippen molar-refractivity contribution in [2.75, 3.05) is 20.2 Å². The highest BCUT2D eigenvalue weighted by Gasteiger charge is 2.28. The number of imidazole rings is 1. The summed E-state index contributed by atoms with van der Waals surface area (Å²) in [6.45, 7) is 3.06. The second-order valence-corrected chi connectivity index (χ2v) is 6.96. The minimum Gasteiger partial charge on any atom is -0.480 e. The van der Waals surface area contributed by atoms with Crippen LogP contribution in [0.3, 0.4) is 0 Å². The van der Waals surface area contributed by atoms with E-state index < -0.39 is 0 Å². The molecule has 1 unspecified atom stereocenters. The first kappa shape index (κ1) is 19.6. The molecule has 0 N–H and O–H groups in total. The van der Waals surface area contributed by atoms with Crippen molar-refractivity contribution < 1.29 is 14.3 Å². The van der Waals surface area contributed by atoms with Gasteiger partial charge in [-0.25, -0.2) is 15.0 Å². The molecule has 154 valence electrons. The maximum absolute atomic E-state index is 11.9. The van der Waals surface area contributed by atoms with Gasteiger partial charge in [0, 0.05) is 38.2 Å². The number of hydrogen-bond donors (Lipinski definition) is 0. The normalized spacial score (nSPS) is 15.9. The largest absolute Gasteiger partial charge is 0.480 e. The minimum atomic E-state index is -0.142. The third kappa shape index (κ3) is 3.39. The molecular weight excluding hydrogens is 386 g/mol. The van der Waals surface area contributed by atoms with Crippen LogP contribution in [0.1, 0.15) is 25.3 Å². The SMILES string of the molecule is CCC(=O)N1CCC(Oc2ncnc3c2nc(-c2cnc(OC)c(C#N)c2)n3C)C1. The third-order valence-corrected chi connectivity index (χ3v) is 5.12. The van der Waals surface area contributed by atoms with E-state index in [0.29, 0.717) is 53.5 Å². The molecule has 1 aliphatic rings. The number of hydrogen-bond acceptors (Lipinski definition) is 8. The summed E-state index contributed by atoms with van der Waals surface area (Å²) < 4.78 is 13.0. The van der Waals surface area contributed by atoms with Crippen LogP contribution in [0.5, 0.6) is 11.8 Å². The molecule has 1 aliphatic heterocycles. The van der Waals surface area contributed by atoms with Crippen LogP contribution in [-0.2, 0) is 11.8 Å². The number of carbonyl (C=O) groups excluding carboxylic acids is 1. The van der Waals surface area contributed by atoms with Crippen LogP contribution in [-0.4, -0.2) is 61.6 Å². The monoisotopic (exact) mass is 407 g/mol. The number of nitriles is 1. The molecule has 10 nitrogen and oxygen atoms in total. The van der Waals surface area contributed by atoms with Gasteiger partial charge in [0.05, 0.1) is 13.7 Å². The van der Waals surface area contributed by atoms with E-state index in [1.54, 1.807) is 21.7 Å². The summed E-state index contributed by atoms with van der Waals surface area (Å²) in [5.41, 5.74) is 2.09. The van der Waals surface area contributed by atoms with Crippen molar-refractivity contribution in [2.45, 2.75) is 25.9 Å². The molecule has 1 fully saturated rings. The third-order valence-electron chi connectivity index (χ3n) is 5.12. The quantitative estimate of drug-likeness (QED) is 0.627. The van der Waals surface area contributed by atoms with E-state index in [4.69, 9.17) is 9.47 Å². The van der Waals surface area contributed by atoms with Gasteiger partial charge in [0.25, 0.3) is 0 Å². The second-order valence-electron chi connectivity index (χ2n) is 6.96. The highest BCUT2D eigenvalue weighted by molar-refractivity contribution is 5.81. The molecule has 3 aromatic rings. The van der Waals surface area contributed by atoms with Gasteiger partial charge in [-0.15, -0.1) is 0 Å². The summed E-state index contributed by atoms with van der Waals surface area (Å²) >= 11 is 0. The molecule has 0 aromatic carbocycles. The van der Waals surface area contributed by atoms with Gasteiger partial charge in [0.1, 0.15) is 29.9 Å². The Morgan fingerprint density at radius 1 is 1.33 bits per heavy atom. The minimum absolute atomic E-state index is 0.120. The van der Waals surface area contributed by atoms with Gasteiger partial charge in [0.2, 0.25) is 17.7 Å². The first-order valence-electron chi connectivity index (χ1n) is 9.62. The van der Waals surface area contributed by atoms with Gasteiger partial charge < -0.3 is 18.9 Å². The maximum Gasteiger partial charge on any atom is 0.245 e. The number of aryl methyl sites for hydroxylation is 1. The van der Waals surface area contributed by atoms with Crippen molar-refractivity contribution in [3.8, 4) is 29.2 Å². The summed E-state index contributed by atoms with van der Waals surface area (Å²) in [6, 6.07) is 3.75. The molecule has 0 radical (unpaired) electrons. The van der Waals surface area contributed by atoms with Gasteiger partial charge in [-0.05, 0) is 6.07 Å². The van der Waals surface area contributed by atoms with E-state index in [-0.39, 0.29) is 17.9 Å². The molecule has 4 rings (SSSR count). The molecular formula is C20H21N7O3. The number of rotatable bonds is 5. The zero-order chi connectivity index (χ0) is 21.3. The van der Waals surface area contributed by atoms with Crippen molar-refractivity contribution >= 4 is 17.1 Å². The number of likely N-dealkylation sites (tertiary alicyclic amines) is 1. The molecule has 10 heteroatoms. The summed E-state index contributed by atoms with van der Waals surface area (Å²) in [7, 11) is 3.30. The number of methoxy groups -OCH3 is 1. The van der Waals surface area contributed by atoms with E-state index in [1.807, 2.05) is 14.0 Å². The fourth-order valence-electron chi connectivity index (χ4n) is 3.57. The standard InChI is InChI=1S/C20H21N7O3/c1-4-15(28)27-6-5-14(10-27)30-20-16-18(23-11-24-20)26(2)17(25-16)13-7-12(8-21)19(29-3)22-9-13/h7,9,11,14H,4-6,10H2,1-3H3. The summed E-state index contributed by atoms with van der Waals surface area (Å²) in [5.74, 6) is 1.33. The Morgan fingerprint density at radius 2 is 2.17 bits per heavy atom. The molecule has 1 atom stereocenters. The Morgan fingerprint density at radius 3 is 2.90 bits per heavy atom. The van der Waals surface area contributed by atoms with Gasteiger partial charge >= 0.3 is 0 Å². The lowest BCUT2D eigenvalue weighted by Crippen LogP contribution is -2.30. The Bertz CT molecular complexity index is 1150. The molecule has 0 saturated carbocycles. The van der Waals surface area contributed by atoms with Crippen molar-refractivity contribution in [2.24, 2.45) is 7.05 Å². The zero-order valence-electron chi connectivity index (χ0n) is 17.0. The average molecular weight is 407 g/mol. The van der Waals surface area contributed by atoms with Crippen LogP contribution in [0.15, 0.2) is 18.6 Å². The van der Waals surface area contributed by atoms with Gasteiger partial charge in [0.15, 0.2) is 11.2 Å². The van der Waals surface area contributed by atoms with Gasteiger partial charge in [-0.1, -0.05) is 6.92 Å². The first-order chi connectivity index (χ1) is 14.5. The Hall–Kier alpha value is -3.74. The topological polar surface area (TPSA) is 119 Å². The van der Waals surface area contributed by atoms with Crippen molar-refractivity contribution in [1.82, 2.24) is 29.4 Å². The highest BCUT2D eigenvalue weighted by atomic mass is 16.5. The number of carbonyl (C=O) groups is 1. The number of aromatic nitrogens is 5. The molecule has 30 heavy (non-hydrogen) atoms. The van der Waals surface area contributed by atoms with Crippen molar-refractivity contribution in [3.63, 3.8) is 0 Å². The number of nitrogens with zero attached hydrogens (tertiary/aromatic N) is 7. The Labute approximate surface area is 173 Å². The molecule has 0 aliphatic carbocycles. The van der Waals surface area contributed by atoms with E-state index in [0.717, 1.165) is 6.42 Å².